The molecule has 0 bridgehead atoms. The number of nitrogens with zero attached hydrogens (tertiary/aromatic N) is 2. The molecule has 0 amide bonds. The summed E-state index contributed by atoms with van der Waals surface area (Å²) in [6, 6.07) is 0.843. The molecule has 3 heteroatoms. The van der Waals surface area contributed by atoms with E-state index in [0.717, 1.165) is 24.4 Å². The normalized spacial score (nSPS) is 44.2. The monoisotopic (exact) mass is 279 g/mol. The van der Waals surface area contributed by atoms with E-state index in [4.69, 9.17) is 5.73 Å². The zero-order valence-corrected chi connectivity index (χ0v) is 13.5. The molecule has 0 aromatic carbocycles. The van der Waals surface area contributed by atoms with Gasteiger partial charge in [0.15, 0.2) is 0 Å². The largest absolute Gasteiger partial charge is 0.329 e. The lowest BCUT2D eigenvalue weighted by Gasteiger charge is -2.54. The summed E-state index contributed by atoms with van der Waals surface area (Å²) in [6.45, 7) is 7.17. The molecule has 0 aromatic heterocycles. The van der Waals surface area contributed by atoms with Gasteiger partial charge in [0.05, 0.1) is 0 Å². The van der Waals surface area contributed by atoms with Crippen molar-refractivity contribution >= 4 is 0 Å². The van der Waals surface area contributed by atoms with Gasteiger partial charge in [-0.05, 0) is 57.5 Å². The van der Waals surface area contributed by atoms with Crippen LogP contribution in [-0.4, -0.2) is 54.6 Å². The Morgan fingerprint density at radius 1 is 1.15 bits per heavy atom. The van der Waals surface area contributed by atoms with Gasteiger partial charge in [-0.3, -0.25) is 4.90 Å². The van der Waals surface area contributed by atoms with Crippen molar-refractivity contribution in [3.8, 4) is 0 Å². The Morgan fingerprint density at radius 2 is 2.00 bits per heavy atom. The van der Waals surface area contributed by atoms with Crippen LogP contribution in [0.2, 0.25) is 0 Å². The summed E-state index contributed by atoms with van der Waals surface area (Å²) >= 11 is 0. The van der Waals surface area contributed by atoms with E-state index < -0.39 is 0 Å². The molecule has 1 saturated carbocycles. The van der Waals surface area contributed by atoms with Crippen LogP contribution in [0, 0.1) is 11.8 Å². The molecule has 2 saturated heterocycles. The van der Waals surface area contributed by atoms with E-state index in [1.807, 2.05) is 0 Å². The van der Waals surface area contributed by atoms with E-state index in [1.165, 1.54) is 64.6 Å². The maximum absolute atomic E-state index is 6.27. The summed E-state index contributed by atoms with van der Waals surface area (Å²) in [5.74, 6) is 1.75. The standard InChI is InChI=1S/C17H33N3/c1-14-5-3-8-17(11-14,13-18)20-10-7-16-15(12-20)6-4-9-19(16)2/h14-16H,3-13,18H2,1-2H3. The summed E-state index contributed by atoms with van der Waals surface area (Å²) in [5.41, 5.74) is 6.61. The number of rotatable bonds is 2. The van der Waals surface area contributed by atoms with Gasteiger partial charge >= 0.3 is 0 Å². The fraction of sp³-hybridized carbons (Fsp3) is 1.00. The van der Waals surface area contributed by atoms with E-state index in [9.17, 15) is 0 Å². The van der Waals surface area contributed by atoms with Crippen LogP contribution in [0.1, 0.15) is 51.9 Å². The van der Waals surface area contributed by atoms with Crippen LogP contribution in [0.4, 0.5) is 0 Å². The van der Waals surface area contributed by atoms with Gasteiger partial charge in [0.2, 0.25) is 0 Å². The zero-order chi connectivity index (χ0) is 14.2. The van der Waals surface area contributed by atoms with Crippen LogP contribution >= 0.6 is 0 Å². The molecule has 2 N–H and O–H groups in total. The zero-order valence-electron chi connectivity index (χ0n) is 13.5. The second kappa shape index (κ2) is 5.94. The van der Waals surface area contributed by atoms with E-state index in [-0.39, 0.29) is 0 Å². The predicted octanol–water partition coefficient (Wildman–Crippen LogP) is 2.31. The maximum Gasteiger partial charge on any atom is 0.0334 e. The quantitative estimate of drug-likeness (QED) is 0.842. The lowest BCUT2D eigenvalue weighted by molar-refractivity contribution is -0.0354. The Bertz CT molecular complexity index is 332. The van der Waals surface area contributed by atoms with Crippen molar-refractivity contribution in [2.75, 3.05) is 33.2 Å². The third kappa shape index (κ3) is 2.65. The maximum atomic E-state index is 6.27. The Labute approximate surface area is 124 Å². The van der Waals surface area contributed by atoms with E-state index in [0.29, 0.717) is 5.54 Å². The van der Waals surface area contributed by atoms with Crippen molar-refractivity contribution in [3.05, 3.63) is 0 Å². The van der Waals surface area contributed by atoms with Gasteiger partial charge < -0.3 is 10.6 Å². The second-order valence-corrected chi connectivity index (χ2v) is 7.81. The van der Waals surface area contributed by atoms with Crippen molar-refractivity contribution in [3.63, 3.8) is 0 Å². The molecule has 3 rings (SSSR count). The SMILES string of the molecule is CC1CCCC(CN)(N2CCC3C(CCCN3C)C2)C1. The van der Waals surface area contributed by atoms with Crippen LogP contribution in [0.15, 0.2) is 0 Å². The van der Waals surface area contributed by atoms with Crippen molar-refractivity contribution in [2.45, 2.75) is 63.5 Å². The highest BCUT2D eigenvalue weighted by molar-refractivity contribution is 5.00. The van der Waals surface area contributed by atoms with Gasteiger partial charge in [0.1, 0.15) is 0 Å². The molecular formula is C17H33N3. The molecule has 2 heterocycles. The highest BCUT2D eigenvalue weighted by Crippen LogP contribution is 2.40. The van der Waals surface area contributed by atoms with Crippen molar-refractivity contribution in [1.29, 1.82) is 0 Å². The first kappa shape index (κ1) is 14.8. The molecule has 2 aliphatic heterocycles. The number of likely N-dealkylation sites (tertiary alicyclic amines) is 2. The van der Waals surface area contributed by atoms with Gasteiger partial charge in [-0.15, -0.1) is 0 Å². The number of fused-ring (bicyclic) bond motifs is 1. The fourth-order valence-corrected chi connectivity index (χ4v) is 5.32. The molecule has 0 radical (unpaired) electrons. The predicted molar refractivity (Wildman–Crippen MR) is 84.7 cm³/mol. The Balaban J connectivity index is 1.71. The highest BCUT2D eigenvalue weighted by atomic mass is 15.3. The smallest absolute Gasteiger partial charge is 0.0334 e. The average molecular weight is 279 g/mol. The molecule has 4 atom stereocenters. The van der Waals surface area contributed by atoms with Gasteiger partial charge in [-0.1, -0.05) is 19.8 Å². The van der Waals surface area contributed by atoms with E-state index in [1.54, 1.807) is 0 Å². The molecular weight excluding hydrogens is 246 g/mol. The topological polar surface area (TPSA) is 32.5 Å². The highest BCUT2D eigenvalue weighted by Gasteiger charge is 2.44. The van der Waals surface area contributed by atoms with E-state index >= 15 is 0 Å². The van der Waals surface area contributed by atoms with E-state index in [2.05, 4.69) is 23.8 Å². The Kier molecular flexibility index (Phi) is 4.40. The molecule has 3 aliphatic rings. The summed E-state index contributed by atoms with van der Waals surface area (Å²) in [6.07, 6.45) is 9.63. The van der Waals surface area contributed by atoms with Crippen molar-refractivity contribution < 1.29 is 0 Å². The first-order valence-corrected chi connectivity index (χ1v) is 8.80. The first-order valence-electron chi connectivity index (χ1n) is 8.80. The molecule has 3 fully saturated rings. The summed E-state index contributed by atoms with van der Waals surface area (Å²) < 4.78 is 0. The molecule has 3 nitrogen and oxygen atoms in total. The molecule has 20 heavy (non-hydrogen) atoms. The first-order chi connectivity index (χ1) is 9.64. The summed E-state index contributed by atoms with van der Waals surface area (Å²) in [4.78, 5) is 5.42. The van der Waals surface area contributed by atoms with Crippen LogP contribution < -0.4 is 5.73 Å². The minimum absolute atomic E-state index is 0.332. The van der Waals surface area contributed by atoms with Crippen LogP contribution in [-0.2, 0) is 0 Å². The molecule has 116 valence electrons. The Hall–Kier alpha value is -0.120. The summed E-state index contributed by atoms with van der Waals surface area (Å²) in [7, 11) is 2.33. The number of piperidine rings is 2. The van der Waals surface area contributed by atoms with Crippen LogP contribution in [0.3, 0.4) is 0 Å². The van der Waals surface area contributed by atoms with Crippen LogP contribution in [0.5, 0.6) is 0 Å². The molecule has 4 unspecified atom stereocenters. The molecule has 0 spiro atoms. The number of hydrogen-bond acceptors (Lipinski definition) is 3. The third-order valence-electron chi connectivity index (χ3n) is 6.46. The van der Waals surface area contributed by atoms with Crippen molar-refractivity contribution in [2.24, 2.45) is 17.6 Å². The van der Waals surface area contributed by atoms with Crippen LogP contribution in [0.25, 0.3) is 0 Å². The number of nitrogens with two attached hydrogens (primary N) is 1. The fourth-order valence-electron chi connectivity index (χ4n) is 5.32. The van der Waals surface area contributed by atoms with Gasteiger partial charge in [-0.2, -0.15) is 0 Å². The average Bonchev–Trinajstić information content (AvgIpc) is 2.47. The molecule has 1 aliphatic carbocycles. The van der Waals surface area contributed by atoms with Gasteiger partial charge in [-0.25, -0.2) is 0 Å². The van der Waals surface area contributed by atoms with Crippen molar-refractivity contribution in [1.82, 2.24) is 9.80 Å². The lowest BCUT2D eigenvalue weighted by Crippen LogP contribution is -2.62. The molecule has 0 aromatic rings. The second-order valence-electron chi connectivity index (χ2n) is 7.81. The minimum atomic E-state index is 0.332. The minimum Gasteiger partial charge on any atom is -0.329 e. The summed E-state index contributed by atoms with van der Waals surface area (Å²) in [5, 5.41) is 0. The number of hydrogen-bond donors (Lipinski definition) is 1. The lowest BCUT2D eigenvalue weighted by atomic mass is 9.73. The van der Waals surface area contributed by atoms with Gasteiger partial charge in [0.25, 0.3) is 0 Å². The Morgan fingerprint density at radius 3 is 2.75 bits per heavy atom. The van der Waals surface area contributed by atoms with Gasteiger partial charge in [0, 0.05) is 31.2 Å². The third-order valence-corrected chi connectivity index (χ3v) is 6.46.